The Balaban J connectivity index is 2.38. The van der Waals surface area contributed by atoms with Gasteiger partial charge in [0.05, 0.1) is 8.66 Å². The van der Waals surface area contributed by atoms with Crippen LogP contribution in [0.25, 0.3) is 0 Å². The van der Waals surface area contributed by atoms with Crippen molar-refractivity contribution in [2.75, 3.05) is 13.1 Å². The van der Waals surface area contributed by atoms with Crippen LogP contribution in [0.3, 0.4) is 0 Å². The lowest BCUT2D eigenvalue weighted by atomic mass is 10.3. The van der Waals surface area contributed by atoms with Crippen LogP contribution in [-0.2, 0) is 0 Å². The summed E-state index contributed by atoms with van der Waals surface area (Å²) in [6.45, 7) is 2.61. The summed E-state index contributed by atoms with van der Waals surface area (Å²) in [6, 6.07) is 1.22. The number of rotatable bonds is 4. The van der Waals surface area contributed by atoms with Gasteiger partial charge in [0.2, 0.25) is 0 Å². The third-order valence-corrected chi connectivity index (χ3v) is 3.93. The monoisotopic (exact) mass is 305 g/mol. The van der Waals surface area contributed by atoms with E-state index < -0.39 is 6.03 Å². The molecule has 0 radical (unpaired) electrons. The summed E-state index contributed by atoms with van der Waals surface area (Å²) in [6.07, 6.45) is 0. The van der Waals surface area contributed by atoms with Gasteiger partial charge in [-0.1, -0.05) is 0 Å². The molecule has 0 unspecified atom stereocenters. The average Bonchev–Trinajstić information content (AvgIpc) is 2.54. The summed E-state index contributed by atoms with van der Waals surface area (Å²) < 4.78 is 0.952. The molecule has 0 aliphatic rings. The van der Waals surface area contributed by atoms with Crippen molar-refractivity contribution in [3.05, 3.63) is 20.3 Å². The zero-order valence-corrected chi connectivity index (χ0v) is 11.1. The van der Waals surface area contributed by atoms with Gasteiger partial charge in [0.15, 0.2) is 0 Å². The first-order chi connectivity index (χ1) is 7.50. The molecule has 0 aromatic carbocycles. The summed E-state index contributed by atoms with van der Waals surface area (Å²) in [5.41, 5.74) is 5.91. The molecule has 88 valence electrons. The lowest BCUT2D eigenvalue weighted by molar-refractivity contribution is 0.0958. The van der Waals surface area contributed by atoms with Crippen LogP contribution < -0.4 is 16.4 Å². The molecule has 1 aromatic heterocycles. The fraction of sp³-hybridized carbons (Fsp3) is 0.333. The highest BCUT2D eigenvalue weighted by Crippen LogP contribution is 2.26. The largest absolute Gasteiger partial charge is 0.352 e. The van der Waals surface area contributed by atoms with E-state index in [1.807, 2.05) is 13.0 Å². The van der Waals surface area contributed by atoms with Crippen molar-refractivity contribution < 1.29 is 9.59 Å². The molecule has 0 atom stereocenters. The van der Waals surface area contributed by atoms with Crippen molar-refractivity contribution in [2.45, 2.75) is 6.92 Å². The van der Waals surface area contributed by atoms with Gasteiger partial charge in [-0.3, -0.25) is 4.79 Å². The maximum atomic E-state index is 11.6. The van der Waals surface area contributed by atoms with Gasteiger partial charge in [0, 0.05) is 13.1 Å². The Morgan fingerprint density at radius 1 is 1.44 bits per heavy atom. The second-order valence-electron chi connectivity index (χ2n) is 3.11. The van der Waals surface area contributed by atoms with Gasteiger partial charge in [0.25, 0.3) is 5.91 Å². The molecule has 0 saturated heterocycles. The molecule has 4 N–H and O–H groups in total. The van der Waals surface area contributed by atoms with Gasteiger partial charge in [-0.2, -0.15) is 0 Å². The number of carbonyl (C=O) groups excluding carboxylic acids is 2. The standard InChI is InChI=1S/C9H12BrN3O2S/c1-5-4-6(16-7(5)10)8(14)12-2-3-13-9(11)15/h4H,2-3H2,1H3,(H,12,14)(H3,11,13,15). The molecule has 3 amide bonds. The van der Waals surface area contributed by atoms with E-state index in [4.69, 9.17) is 5.73 Å². The van der Waals surface area contributed by atoms with Crippen molar-refractivity contribution in [2.24, 2.45) is 5.73 Å². The summed E-state index contributed by atoms with van der Waals surface area (Å²) >= 11 is 4.73. The number of hydrogen-bond acceptors (Lipinski definition) is 3. The molecule has 1 heterocycles. The van der Waals surface area contributed by atoms with Crippen molar-refractivity contribution in [1.29, 1.82) is 0 Å². The van der Waals surface area contributed by atoms with Crippen LogP contribution in [0.4, 0.5) is 4.79 Å². The minimum atomic E-state index is -0.594. The highest BCUT2D eigenvalue weighted by Gasteiger charge is 2.10. The van der Waals surface area contributed by atoms with Crippen LogP contribution >= 0.6 is 27.3 Å². The first-order valence-electron chi connectivity index (χ1n) is 4.58. The molecule has 5 nitrogen and oxygen atoms in total. The van der Waals surface area contributed by atoms with Gasteiger partial charge >= 0.3 is 6.03 Å². The summed E-state index contributed by atoms with van der Waals surface area (Å²) in [5.74, 6) is -0.148. The van der Waals surface area contributed by atoms with Crippen molar-refractivity contribution in [1.82, 2.24) is 10.6 Å². The number of halogens is 1. The van der Waals surface area contributed by atoms with Gasteiger partial charge in [-0.05, 0) is 34.5 Å². The van der Waals surface area contributed by atoms with Crippen molar-refractivity contribution in [3.8, 4) is 0 Å². The molecular weight excluding hydrogens is 294 g/mol. The van der Waals surface area contributed by atoms with E-state index in [1.165, 1.54) is 11.3 Å². The predicted molar refractivity (Wildman–Crippen MR) is 66.7 cm³/mol. The molecule has 1 rings (SSSR count). The third kappa shape index (κ3) is 3.82. The zero-order chi connectivity index (χ0) is 12.1. The molecule has 0 aliphatic carbocycles. The Hall–Kier alpha value is -1.08. The molecule has 0 aliphatic heterocycles. The minimum absolute atomic E-state index is 0.148. The smallest absolute Gasteiger partial charge is 0.312 e. The van der Waals surface area contributed by atoms with E-state index in [9.17, 15) is 9.59 Å². The number of carbonyl (C=O) groups is 2. The van der Waals surface area contributed by atoms with Crippen LogP contribution in [0.15, 0.2) is 9.85 Å². The maximum absolute atomic E-state index is 11.6. The van der Waals surface area contributed by atoms with Gasteiger partial charge in [-0.25, -0.2) is 4.79 Å². The average molecular weight is 306 g/mol. The molecule has 0 bridgehead atoms. The van der Waals surface area contributed by atoms with E-state index in [0.29, 0.717) is 18.0 Å². The Morgan fingerprint density at radius 3 is 2.56 bits per heavy atom. The number of thiophene rings is 1. The number of primary amides is 1. The first kappa shape index (κ1) is 13.0. The summed E-state index contributed by atoms with van der Waals surface area (Å²) in [7, 11) is 0. The van der Waals surface area contributed by atoms with Gasteiger partial charge < -0.3 is 16.4 Å². The normalized spacial score (nSPS) is 9.88. The van der Waals surface area contributed by atoms with E-state index >= 15 is 0 Å². The highest BCUT2D eigenvalue weighted by molar-refractivity contribution is 9.11. The Labute approximate surface area is 106 Å². The van der Waals surface area contributed by atoms with E-state index in [1.54, 1.807) is 0 Å². The number of nitrogens with one attached hydrogen (secondary N) is 2. The topological polar surface area (TPSA) is 84.2 Å². The third-order valence-electron chi connectivity index (χ3n) is 1.79. The molecule has 7 heteroatoms. The number of urea groups is 1. The number of hydrogen-bond donors (Lipinski definition) is 3. The molecular formula is C9H12BrN3O2S. The Morgan fingerprint density at radius 2 is 2.06 bits per heavy atom. The van der Waals surface area contributed by atoms with Crippen molar-refractivity contribution >= 4 is 39.2 Å². The molecule has 16 heavy (non-hydrogen) atoms. The quantitative estimate of drug-likeness (QED) is 0.731. The second-order valence-corrected chi connectivity index (χ2v) is 5.48. The lowest BCUT2D eigenvalue weighted by Gasteiger charge is -2.03. The molecule has 0 fully saturated rings. The maximum Gasteiger partial charge on any atom is 0.312 e. The van der Waals surface area contributed by atoms with Crippen LogP contribution in [0.1, 0.15) is 15.2 Å². The first-order valence-corrected chi connectivity index (χ1v) is 6.19. The molecule has 0 spiro atoms. The SMILES string of the molecule is Cc1cc(C(=O)NCCNC(N)=O)sc1Br. The van der Waals surface area contributed by atoms with E-state index in [-0.39, 0.29) is 5.91 Å². The fourth-order valence-corrected chi connectivity index (χ4v) is 2.47. The minimum Gasteiger partial charge on any atom is -0.352 e. The van der Waals surface area contributed by atoms with Crippen molar-refractivity contribution in [3.63, 3.8) is 0 Å². The van der Waals surface area contributed by atoms with Crippen LogP contribution in [-0.4, -0.2) is 25.0 Å². The summed E-state index contributed by atoms with van der Waals surface area (Å²) in [4.78, 5) is 22.6. The lowest BCUT2D eigenvalue weighted by Crippen LogP contribution is -2.37. The van der Waals surface area contributed by atoms with Crippen LogP contribution in [0.5, 0.6) is 0 Å². The van der Waals surface area contributed by atoms with E-state index in [0.717, 1.165) is 9.35 Å². The van der Waals surface area contributed by atoms with Crippen LogP contribution in [0.2, 0.25) is 0 Å². The Bertz CT molecular complexity index is 386. The van der Waals surface area contributed by atoms with Crippen LogP contribution in [0, 0.1) is 6.92 Å². The highest BCUT2D eigenvalue weighted by atomic mass is 79.9. The Kier molecular flexibility index (Phi) is 4.75. The number of nitrogens with two attached hydrogens (primary N) is 1. The molecule has 1 aromatic rings. The number of amides is 3. The fourth-order valence-electron chi connectivity index (χ4n) is 1.02. The van der Waals surface area contributed by atoms with Gasteiger partial charge in [-0.15, -0.1) is 11.3 Å². The zero-order valence-electron chi connectivity index (χ0n) is 8.67. The summed E-state index contributed by atoms with van der Waals surface area (Å²) in [5, 5.41) is 5.06. The molecule has 0 saturated carbocycles. The second kappa shape index (κ2) is 5.86. The van der Waals surface area contributed by atoms with E-state index in [2.05, 4.69) is 26.6 Å². The predicted octanol–water partition coefficient (Wildman–Crippen LogP) is 1.22. The number of aryl methyl sites for hydroxylation is 1. The van der Waals surface area contributed by atoms with Gasteiger partial charge in [0.1, 0.15) is 0 Å².